The lowest BCUT2D eigenvalue weighted by molar-refractivity contribution is -0.106. The second-order valence-electron chi connectivity index (χ2n) is 2.55. The second-order valence-corrected chi connectivity index (χ2v) is 2.55. The Morgan fingerprint density at radius 3 is 2.15 bits per heavy atom. The molecule has 1 aromatic carbocycles. The zero-order valence-corrected chi connectivity index (χ0v) is 7.52. The van der Waals surface area contributed by atoms with E-state index in [0.717, 1.165) is 0 Å². The highest BCUT2D eigenvalue weighted by atomic mass is 16.7. The van der Waals surface area contributed by atoms with E-state index in [0.29, 0.717) is 5.56 Å². The number of phenols is 2. The van der Waals surface area contributed by atoms with E-state index in [1.165, 1.54) is 26.4 Å². The summed E-state index contributed by atoms with van der Waals surface area (Å²) in [6, 6.07) is 4.40. The maximum absolute atomic E-state index is 9.18. The molecule has 0 atom stereocenters. The summed E-state index contributed by atoms with van der Waals surface area (Å²) in [5, 5.41) is 18.2. The average Bonchev–Trinajstić information content (AvgIpc) is 2.13. The van der Waals surface area contributed by atoms with Gasteiger partial charge in [0.25, 0.3) is 0 Å². The number of ether oxygens (including phenoxy) is 2. The van der Waals surface area contributed by atoms with Gasteiger partial charge >= 0.3 is 0 Å². The summed E-state index contributed by atoms with van der Waals surface area (Å²) < 4.78 is 9.93. The normalized spacial score (nSPS) is 10.7. The number of aromatic hydroxyl groups is 2. The van der Waals surface area contributed by atoms with Crippen molar-refractivity contribution >= 4 is 0 Å². The van der Waals surface area contributed by atoms with Crippen molar-refractivity contribution in [2.75, 3.05) is 14.2 Å². The molecule has 0 saturated heterocycles. The molecular formula is C9H12O4. The van der Waals surface area contributed by atoms with Gasteiger partial charge in [-0.1, -0.05) is 6.07 Å². The maximum atomic E-state index is 9.18. The van der Waals surface area contributed by atoms with E-state index >= 15 is 0 Å². The van der Waals surface area contributed by atoms with Crippen molar-refractivity contribution in [2.24, 2.45) is 0 Å². The van der Waals surface area contributed by atoms with Gasteiger partial charge in [0.1, 0.15) is 0 Å². The summed E-state index contributed by atoms with van der Waals surface area (Å²) in [7, 11) is 3.00. The summed E-state index contributed by atoms with van der Waals surface area (Å²) in [4.78, 5) is 0. The van der Waals surface area contributed by atoms with E-state index in [-0.39, 0.29) is 11.5 Å². The second kappa shape index (κ2) is 4.11. The van der Waals surface area contributed by atoms with Crippen LogP contribution in [0.2, 0.25) is 0 Å². The fraction of sp³-hybridized carbons (Fsp3) is 0.333. The van der Waals surface area contributed by atoms with E-state index in [9.17, 15) is 5.11 Å². The van der Waals surface area contributed by atoms with Crippen LogP contribution in [0.25, 0.3) is 0 Å². The molecule has 0 fully saturated rings. The number of phenolic OH excluding ortho intramolecular Hbond substituents is 2. The molecule has 1 rings (SSSR count). The van der Waals surface area contributed by atoms with Crippen LogP contribution >= 0.6 is 0 Å². The van der Waals surface area contributed by atoms with Crippen molar-refractivity contribution in [3.63, 3.8) is 0 Å². The summed E-state index contributed by atoms with van der Waals surface area (Å²) >= 11 is 0. The van der Waals surface area contributed by atoms with Gasteiger partial charge in [0.15, 0.2) is 17.8 Å². The zero-order chi connectivity index (χ0) is 9.84. The Labute approximate surface area is 76.3 Å². The van der Waals surface area contributed by atoms with Crippen molar-refractivity contribution in [2.45, 2.75) is 6.29 Å². The Morgan fingerprint density at radius 1 is 1.08 bits per heavy atom. The van der Waals surface area contributed by atoms with E-state index in [2.05, 4.69) is 0 Å². The van der Waals surface area contributed by atoms with Crippen molar-refractivity contribution in [1.82, 2.24) is 0 Å². The number of hydrogen-bond donors (Lipinski definition) is 2. The quantitative estimate of drug-likeness (QED) is 0.550. The Morgan fingerprint density at radius 2 is 1.69 bits per heavy atom. The third kappa shape index (κ3) is 2.11. The Bertz CT molecular complexity index is 281. The molecule has 4 heteroatoms. The Hall–Kier alpha value is -1.26. The number of hydrogen-bond acceptors (Lipinski definition) is 4. The molecule has 2 N–H and O–H groups in total. The molecule has 72 valence electrons. The topological polar surface area (TPSA) is 58.9 Å². The highest BCUT2D eigenvalue weighted by Gasteiger charge is 2.10. The molecule has 0 heterocycles. The first kappa shape index (κ1) is 9.83. The monoisotopic (exact) mass is 184 g/mol. The van der Waals surface area contributed by atoms with Crippen molar-refractivity contribution in [3.05, 3.63) is 23.8 Å². The SMILES string of the molecule is COC(OC)c1ccc(O)c(O)c1. The van der Waals surface area contributed by atoms with Crippen LogP contribution in [0.15, 0.2) is 18.2 Å². The molecule has 13 heavy (non-hydrogen) atoms. The largest absolute Gasteiger partial charge is 0.504 e. The van der Waals surface area contributed by atoms with Gasteiger partial charge in [0.2, 0.25) is 0 Å². The minimum Gasteiger partial charge on any atom is -0.504 e. The molecule has 1 aromatic rings. The van der Waals surface area contributed by atoms with Gasteiger partial charge in [-0.05, 0) is 12.1 Å². The smallest absolute Gasteiger partial charge is 0.183 e. The van der Waals surface area contributed by atoms with Crippen LogP contribution in [-0.2, 0) is 9.47 Å². The van der Waals surface area contributed by atoms with E-state index < -0.39 is 6.29 Å². The molecule has 0 aliphatic heterocycles. The molecule has 0 aliphatic carbocycles. The Balaban J connectivity index is 2.95. The molecule has 0 aliphatic rings. The standard InChI is InChI=1S/C9H12O4/c1-12-9(13-2)6-3-4-7(10)8(11)5-6/h3-5,9-11H,1-2H3. The lowest BCUT2D eigenvalue weighted by Crippen LogP contribution is -2.02. The lowest BCUT2D eigenvalue weighted by Gasteiger charge is -2.13. The minimum absolute atomic E-state index is 0.158. The van der Waals surface area contributed by atoms with Gasteiger partial charge < -0.3 is 19.7 Å². The fourth-order valence-electron chi connectivity index (χ4n) is 1.06. The van der Waals surface area contributed by atoms with Gasteiger partial charge in [-0.15, -0.1) is 0 Å². The summed E-state index contributed by atoms with van der Waals surface area (Å²) in [6.07, 6.45) is -0.522. The minimum atomic E-state index is -0.522. The van der Waals surface area contributed by atoms with Crippen molar-refractivity contribution in [3.8, 4) is 11.5 Å². The zero-order valence-electron chi connectivity index (χ0n) is 7.52. The van der Waals surface area contributed by atoms with Gasteiger partial charge in [-0.25, -0.2) is 0 Å². The third-order valence-electron chi connectivity index (χ3n) is 1.70. The number of benzene rings is 1. The summed E-state index contributed by atoms with van der Waals surface area (Å²) in [6.45, 7) is 0. The van der Waals surface area contributed by atoms with Gasteiger partial charge in [-0.2, -0.15) is 0 Å². The highest BCUT2D eigenvalue weighted by molar-refractivity contribution is 5.40. The van der Waals surface area contributed by atoms with Crippen LogP contribution in [0.5, 0.6) is 11.5 Å². The fourth-order valence-corrected chi connectivity index (χ4v) is 1.06. The molecular weight excluding hydrogens is 172 g/mol. The molecule has 0 amide bonds. The lowest BCUT2D eigenvalue weighted by atomic mass is 10.2. The first-order chi connectivity index (χ1) is 6.19. The molecule has 0 spiro atoms. The first-order valence-corrected chi connectivity index (χ1v) is 3.76. The van der Waals surface area contributed by atoms with E-state index in [1.54, 1.807) is 6.07 Å². The van der Waals surface area contributed by atoms with Crippen LogP contribution in [0.3, 0.4) is 0 Å². The first-order valence-electron chi connectivity index (χ1n) is 3.76. The average molecular weight is 184 g/mol. The predicted octanol–water partition coefficient (Wildman–Crippen LogP) is 1.39. The van der Waals surface area contributed by atoms with Crippen molar-refractivity contribution in [1.29, 1.82) is 0 Å². The number of rotatable bonds is 3. The summed E-state index contributed by atoms with van der Waals surface area (Å²) in [5.41, 5.74) is 0.653. The van der Waals surface area contributed by atoms with Gasteiger partial charge in [0, 0.05) is 19.8 Å². The maximum Gasteiger partial charge on any atom is 0.183 e. The molecule has 0 radical (unpaired) electrons. The van der Waals surface area contributed by atoms with Gasteiger partial charge in [0.05, 0.1) is 0 Å². The number of methoxy groups -OCH3 is 2. The molecule has 4 nitrogen and oxygen atoms in total. The van der Waals surface area contributed by atoms with E-state index in [1.807, 2.05) is 0 Å². The molecule has 0 saturated carbocycles. The molecule has 0 unspecified atom stereocenters. The third-order valence-corrected chi connectivity index (χ3v) is 1.70. The van der Waals surface area contributed by atoms with Crippen LogP contribution in [0, 0.1) is 0 Å². The molecule has 0 aromatic heterocycles. The summed E-state index contributed by atoms with van der Waals surface area (Å²) in [5.74, 6) is -0.341. The van der Waals surface area contributed by atoms with Crippen molar-refractivity contribution < 1.29 is 19.7 Å². The van der Waals surface area contributed by atoms with E-state index in [4.69, 9.17) is 14.6 Å². The van der Waals surface area contributed by atoms with Gasteiger partial charge in [-0.3, -0.25) is 0 Å². The van der Waals surface area contributed by atoms with Crippen LogP contribution in [0.1, 0.15) is 11.9 Å². The highest BCUT2D eigenvalue weighted by Crippen LogP contribution is 2.28. The predicted molar refractivity (Wildman–Crippen MR) is 46.5 cm³/mol. The Kier molecular flexibility index (Phi) is 3.11. The van der Waals surface area contributed by atoms with Crippen LogP contribution < -0.4 is 0 Å². The van der Waals surface area contributed by atoms with Crippen LogP contribution in [0.4, 0.5) is 0 Å². The molecule has 0 bridgehead atoms. The van der Waals surface area contributed by atoms with Crippen LogP contribution in [-0.4, -0.2) is 24.4 Å².